The van der Waals surface area contributed by atoms with E-state index < -0.39 is 0 Å². The molecule has 0 bridgehead atoms. The third-order valence-corrected chi connectivity index (χ3v) is 4.78. The molecule has 134 valence electrons. The van der Waals surface area contributed by atoms with Gasteiger partial charge in [-0.1, -0.05) is 59.1 Å². The Morgan fingerprint density at radius 2 is 1.81 bits per heavy atom. The minimum Gasteiger partial charge on any atom is -0.358 e. The topological polar surface area (TPSA) is 41.9 Å². The van der Waals surface area contributed by atoms with Crippen molar-refractivity contribution in [3.8, 4) is 0 Å². The molecule has 0 amide bonds. The molecule has 0 radical (unpaired) electrons. The van der Waals surface area contributed by atoms with Crippen molar-refractivity contribution in [1.29, 1.82) is 0 Å². The normalized spacial score (nSPS) is 10.6. The lowest BCUT2D eigenvalue weighted by molar-refractivity contribution is 0.687. The van der Waals surface area contributed by atoms with E-state index in [-0.39, 0.29) is 0 Å². The summed E-state index contributed by atoms with van der Waals surface area (Å²) in [5, 5.41) is 12.3. The second kappa shape index (κ2) is 8.54. The molecular weight excluding hydrogens is 387 g/mol. The van der Waals surface area contributed by atoms with E-state index in [1.807, 2.05) is 23.0 Å². The summed E-state index contributed by atoms with van der Waals surface area (Å²) in [5.41, 5.74) is 4.26. The first-order chi connectivity index (χ1) is 12.5. The maximum atomic E-state index is 6.05. The standard InChI is InChI=1S/C19H18Cl2N4S/c1-13-2-4-14(5-3-13)9-22-19(26)24-16-10-23-25(12-16)11-15-6-7-17(20)18(21)8-15/h2-8,10,12H,9,11H2,1H3,(H2,22,24,26). The summed E-state index contributed by atoms with van der Waals surface area (Å²) in [5.74, 6) is 0. The molecule has 2 N–H and O–H groups in total. The number of aromatic nitrogens is 2. The quantitative estimate of drug-likeness (QED) is 0.584. The fourth-order valence-electron chi connectivity index (χ4n) is 2.40. The zero-order valence-corrected chi connectivity index (χ0v) is 16.5. The van der Waals surface area contributed by atoms with Crippen molar-refractivity contribution in [2.24, 2.45) is 0 Å². The van der Waals surface area contributed by atoms with E-state index in [1.54, 1.807) is 12.3 Å². The molecule has 0 atom stereocenters. The van der Waals surface area contributed by atoms with Crippen LogP contribution in [-0.4, -0.2) is 14.9 Å². The summed E-state index contributed by atoms with van der Waals surface area (Å²) in [7, 11) is 0. The molecule has 3 rings (SSSR count). The average Bonchev–Trinajstić information content (AvgIpc) is 3.04. The van der Waals surface area contributed by atoms with E-state index in [4.69, 9.17) is 35.4 Å². The van der Waals surface area contributed by atoms with Crippen molar-refractivity contribution in [1.82, 2.24) is 15.1 Å². The van der Waals surface area contributed by atoms with Crippen LogP contribution < -0.4 is 10.6 Å². The number of nitrogens with one attached hydrogen (secondary N) is 2. The van der Waals surface area contributed by atoms with Crippen LogP contribution in [-0.2, 0) is 13.1 Å². The Kier molecular flexibility index (Phi) is 6.14. The number of anilines is 1. The molecule has 0 spiro atoms. The molecule has 26 heavy (non-hydrogen) atoms. The summed E-state index contributed by atoms with van der Waals surface area (Å²) in [6.07, 6.45) is 3.62. The lowest BCUT2D eigenvalue weighted by Gasteiger charge is -2.09. The van der Waals surface area contributed by atoms with Crippen molar-refractivity contribution in [3.05, 3.63) is 81.6 Å². The van der Waals surface area contributed by atoms with Gasteiger partial charge in [0.05, 0.1) is 28.5 Å². The number of halogens is 2. The number of rotatable bonds is 5. The van der Waals surface area contributed by atoms with Gasteiger partial charge < -0.3 is 10.6 Å². The molecule has 0 aliphatic rings. The smallest absolute Gasteiger partial charge is 0.171 e. The highest BCUT2D eigenvalue weighted by atomic mass is 35.5. The predicted octanol–water partition coefficient (Wildman–Crippen LogP) is 5.03. The van der Waals surface area contributed by atoms with E-state index in [0.29, 0.717) is 28.2 Å². The summed E-state index contributed by atoms with van der Waals surface area (Å²) in [4.78, 5) is 0. The second-order valence-electron chi connectivity index (χ2n) is 5.97. The van der Waals surface area contributed by atoms with Gasteiger partial charge in [0, 0.05) is 12.7 Å². The van der Waals surface area contributed by atoms with Crippen molar-refractivity contribution < 1.29 is 0 Å². The molecule has 0 saturated heterocycles. The maximum Gasteiger partial charge on any atom is 0.171 e. The number of benzene rings is 2. The van der Waals surface area contributed by atoms with Gasteiger partial charge in [-0.3, -0.25) is 4.68 Å². The molecule has 0 fully saturated rings. The molecule has 2 aromatic carbocycles. The zero-order chi connectivity index (χ0) is 18.5. The molecular formula is C19H18Cl2N4S. The van der Waals surface area contributed by atoms with Crippen molar-refractivity contribution in [3.63, 3.8) is 0 Å². The molecule has 1 aromatic heterocycles. The monoisotopic (exact) mass is 404 g/mol. The highest BCUT2D eigenvalue weighted by molar-refractivity contribution is 7.80. The molecule has 4 nitrogen and oxygen atoms in total. The van der Waals surface area contributed by atoms with E-state index >= 15 is 0 Å². The number of nitrogens with zero attached hydrogens (tertiary/aromatic N) is 2. The van der Waals surface area contributed by atoms with Crippen LogP contribution >= 0.6 is 35.4 Å². The maximum absolute atomic E-state index is 6.05. The van der Waals surface area contributed by atoms with Gasteiger partial charge in [-0.15, -0.1) is 0 Å². The lowest BCUT2D eigenvalue weighted by Crippen LogP contribution is -2.27. The SMILES string of the molecule is Cc1ccc(CNC(=S)Nc2cnn(Cc3ccc(Cl)c(Cl)c3)c2)cc1. The van der Waals surface area contributed by atoms with Gasteiger partial charge in [0.25, 0.3) is 0 Å². The zero-order valence-electron chi connectivity index (χ0n) is 14.2. The molecule has 0 unspecified atom stereocenters. The average molecular weight is 405 g/mol. The Balaban J connectivity index is 1.53. The number of hydrogen-bond acceptors (Lipinski definition) is 2. The lowest BCUT2D eigenvalue weighted by atomic mass is 10.1. The van der Waals surface area contributed by atoms with Gasteiger partial charge in [0.2, 0.25) is 0 Å². The Morgan fingerprint density at radius 3 is 2.54 bits per heavy atom. The second-order valence-corrected chi connectivity index (χ2v) is 7.19. The van der Waals surface area contributed by atoms with Crippen LogP contribution in [0.2, 0.25) is 10.0 Å². The molecule has 0 aliphatic carbocycles. The van der Waals surface area contributed by atoms with Crippen molar-refractivity contribution >= 4 is 46.2 Å². The fourth-order valence-corrected chi connectivity index (χ4v) is 2.91. The van der Waals surface area contributed by atoms with E-state index in [2.05, 4.69) is 46.9 Å². The number of hydrogen-bond donors (Lipinski definition) is 2. The van der Waals surface area contributed by atoms with Crippen LogP contribution in [0.1, 0.15) is 16.7 Å². The minimum absolute atomic E-state index is 0.538. The van der Waals surface area contributed by atoms with E-state index in [1.165, 1.54) is 11.1 Å². The summed E-state index contributed by atoms with van der Waals surface area (Å²) in [6, 6.07) is 13.9. The third-order valence-electron chi connectivity index (χ3n) is 3.79. The van der Waals surface area contributed by atoms with Crippen molar-refractivity contribution in [2.45, 2.75) is 20.0 Å². The molecule has 0 saturated carbocycles. The predicted molar refractivity (Wildman–Crippen MR) is 112 cm³/mol. The van der Waals surface area contributed by atoms with Gasteiger partial charge >= 0.3 is 0 Å². The van der Waals surface area contributed by atoms with Gasteiger partial charge in [-0.2, -0.15) is 5.10 Å². The van der Waals surface area contributed by atoms with Gasteiger partial charge in [0.1, 0.15) is 0 Å². The summed E-state index contributed by atoms with van der Waals surface area (Å²) < 4.78 is 1.81. The molecule has 3 aromatic rings. The van der Waals surface area contributed by atoms with E-state index in [0.717, 1.165) is 11.3 Å². The van der Waals surface area contributed by atoms with Crippen molar-refractivity contribution in [2.75, 3.05) is 5.32 Å². The molecule has 7 heteroatoms. The summed E-state index contributed by atoms with van der Waals surface area (Å²) >= 11 is 17.3. The highest BCUT2D eigenvalue weighted by Gasteiger charge is 2.04. The highest BCUT2D eigenvalue weighted by Crippen LogP contribution is 2.23. The largest absolute Gasteiger partial charge is 0.358 e. The fraction of sp³-hybridized carbons (Fsp3) is 0.158. The Hall–Kier alpha value is -2.08. The summed E-state index contributed by atoms with van der Waals surface area (Å²) in [6.45, 7) is 3.34. The first kappa shape index (κ1) is 18.7. The first-order valence-electron chi connectivity index (χ1n) is 8.06. The van der Waals surface area contributed by atoms with Crippen LogP contribution in [0.5, 0.6) is 0 Å². The van der Waals surface area contributed by atoms with Crippen LogP contribution in [0.15, 0.2) is 54.9 Å². The Bertz CT molecular complexity index is 906. The molecule has 1 heterocycles. The van der Waals surface area contributed by atoms with E-state index in [9.17, 15) is 0 Å². The van der Waals surface area contributed by atoms with Crippen LogP contribution in [0.25, 0.3) is 0 Å². The van der Waals surface area contributed by atoms with Crippen LogP contribution in [0, 0.1) is 6.92 Å². The van der Waals surface area contributed by atoms with Gasteiger partial charge in [0.15, 0.2) is 5.11 Å². The van der Waals surface area contributed by atoms with Gasteiger partial charge in [-0.25, -0.2) is 0 Å². The van der Waals surface area contributed by atoms with Gasteiger partial charge in [-0.05, 0) is 42.4 Å². The first-order valence-corrected chi connectivity index (χ1v) is 9.23. The van der Waals surface area contributed by atoms with Crippen LogP contribution in [0.3, 0.4) is 0 Å². The Labute approximate surface area is 168 Å². The third kappa shape index (κ3) is 5.21. The number of thiocarbonyl (C=S) groups is 1. The minimum atomic E-state index is 0.538. The Morgan fingerprint density at radius 1 is 1.08 bits per heavy atom. The van der Waals surface area contributed by atoms with Crippen LogP contribution in [0.4, 0.5) is 5.69 Å². The number of aryl methyl sites for hydroxylation is 1. The molecule has 0 aliphatic heterocycles.